The van der Waals surface area contributed by atoms with Crippen molar-refractivity contribution in [3.8, 4) is 0 Å². The van der Waals surface area contributed by atoms with Crippen molar-refractivity contribution in [3.05, 3.63) is 131 Å². The number of carbonyl (C=O) groups is 2. The standard InChI is InChI=1S/C28H23NO2S/c1-20-11-17-24(18-12-20)32-19-21-13-15-23(16-14-21)28(31)29-26-10-6-5-9-25(26)27(30)22-7-3-2-4-8-22/h2-18H,19H2,1H3,(H,29,31). The van der Waals surface area contributed by atoms with E-state index in [9.17, 15) is 9.59 Å². The number of nitrogens with one attached hydrogen (secondary N) is 1. The summed E-state index contributed by atoms with van der Waals surface area (Å²) < 4.78 is 0. The monoisotopic (exact) mass is 437 g/mol. The predicted molar refractivity (Wildman–Crippen MR) is 131 cm³/mol. The van der Waals surface area contributed by atoms with Crippen molar-refractivity contribution >= 4 is 29.1 Å². The molecule has 0 radical (unpaired) electrons. The number of aryl methyl sites for hydroxylation is 1. The third-order valence-corrected chi connectivity index (χ3v) is 6.18. The van der Waals surface area contributed by atoms with Crippen LogP contribution in [0.2, 0.25) is 0 Å². The van der Waals surface area contributed by atoms with Gasteiger partial charge in [-0.3, -0.25) is 9.59 Å². The van der Waals surface area contributed by atoms with E-state index in [1.807, 2.05) is 48.5 Å². The Balaban J connectivity index is 1.43. The third-order valence-electron chi connectivity index (χ3n) is 5.10. The van der Waals surface area contributed by atoms with E-state index in [1.165, 1.54) is 10.5 Å². The van der Waals surface area contributed by atoms with Gasteiger partial charge < -0.3 is 5.32 Å². The lowest BCUT2D eigenvalue weighted by Crippen LogP contribution is -2.15. The van der Waals surface area contributed by atoms with E-state index in [-0.39, 0.29) is 11.7 Å². The summed E-state index contributed by atoms with van der Waals surface area (Å²) in [5.41, 5.74) is 4.51. The molecule has 0 aliphatic rings. The summed E-state index contributed by atoms with van der Waals surface area (Å²) in [6, 6.07) is 32.2. The first kappa shape index (κ1) is 21.6. The van der Waals surface area contributed by atoms with Crippen LogP contribution in [0.15, 0.2) is 108 Å². The molecule has 0 bridgehead atoms. The van der Waals surface area contributed by atoms with Gasteiger partial charge in [-0.15, -0.1) is 11.8 Å². The lowest BCUT2D eigenvalue weighted by Gasteiger charge is -2.11. The Kier molecular flexibility index (Phi) is 6.83. The van der Waals surface area contributed by atoms with Crippen LogP contribution in [0, 0.1) is 6.92 Å². The fraction of sp³-hybridized carbons (Fsp3) is 0.0714. The van der Waals surface area contributed by atoms with Crippen LogP contribution in [0.1, 0.15) is 37.4 Å². The molecule has 0 saturated heterocycles. The molecule has 0 aliphatic carbocycles. The van der Waals surface area contributed by atoms with Gasteiger partial charge in [-0.25, -0.2) is 0 Å². The summed E-state index contributed by atoms with van der Waals surface area (Å²) in [7, 11) is 0. The van der Waals surface area contributed by atoms with Crippen LogP contribution in [-0.4, -0.2) is 11.7 Å². The summed E-state index contributed by atoms with van der Waals surface area (Å²) >= 11 is 1.76. The summed E-state index contributed by atoms with van der Waals surface area (Å²) in [6.07, 6.45) is 0. The molecule has 0 spiro atoms. The fourth-order valence-corrected chi connectivity index (χ4v) is 4.14. The van der Waals surface area contributed by atoms with Crippen molar-refractivity contribution in [1.29, 1.82) is 0 Å². The first-order chi connectivity index (χ1) is 15.6. The van der Waals surface area contributed by atoms with Crippen LogP contribution in [0.3, 0.4) is 0 Å². The quantitative estimate of drug-likeness (QED) is 0.256. The minimum atomic E-state index is -0.240. The van der Waals surface area contributed by atoms with Gasteiger partial charge in [0.05, 0.1) is 5.69 Å². The van der Waals surface area contributed by atoms with E-state index in [4.69, 9.17) is 0 Å². The smallest absolute Gasteiger partial charge is 0.255 e. The van der Waals surface area contributed by atoms with E-state index < -0.39 is 0 Å². The molecule has 4 rings (SSSR count). The number of para-hydroxylation sites is 1. The average molecular weight is 438 g/mol. The van der Waals surface area contributed by atoms with Gasteiger partial charge in [0.25, 0.3) is 5.91 Å². The van der Waals surface area contributed by atoms with Crippen LogP contribution in [0.5, 0.6) is 0 Å². The Morgan fingerprint density at radius 1 is 0.719 bits per heavy atom. The number of thioether (sulfide) groups is 1. The summed E-state index contributed by atoms with van der Waals surface area (Å²) in [6.45, 7) is 2.08. The minimum absolute atomic E-state index is 0.120. The van der Waals surface area contributed by atoms with Gasteiger partial charge in [-0.1, -0.05) is 72.3 Å². The lowest BCUT2D eigenvalue weighted by atomic mass is 10.0. The zero-order valence-electron chi connectivity index (χ0n) is 17.7. The van der Waals surface area contributed by atoms with Crippen LogP contribution in [0.4, 0.5) is 5.69 Å². The first-order valence-electron chi connectivity index (χ1n) is 10.4. The molecule has 0 atom stereocenters. The molecular formula is C28H23NO2S. The van der Waals surface area contributed by atoms with E-state index in [1.54, 1.807) is 42.1 Å². The second-order valence-corrected chi connectivity index (χ2v) is 8.54. The van der Waals surface area contributed by atoms with Crippen molar-refractivity contribution in [3.63, 3.8) is 0 Å². The maximum absolute atomic E-state index is 12.9. The highest BCUT2D eigenvalue weighted by molar-refractivity contribution is 7.98. The Morgan fingerprint density at radius 2 is 1.38 bits per heavy atom. The SMILES string of the molecule is Cc1ccc(SCc2ccc(C(=O)Nc3ccccc3C(=O)c3ccccc3)cc2)cc1. The topological polar surface area (TPSA) is 46.2 Å². The number of hydrogen-bond acceptors (Lipinski definition) is 3. The molecule has 1 N–H and O–H groups in total. The highest BCUT2D eigenvalue weighted by Crippen LogP contribution is 2.24. The van der Waals surface area contributed by atoms with E-state index in [2.05, 4.69) is 36.5 Å². The summed E-state index contributed by atoms with van der Waals surface area (Å²) in [5, 5.41) is 2.90. The van der Waals surface area contributed by atoms with Crippen LogP contribution in [0.25, 0.3) is 0 Å². The van der Waals surface area contributed by atoms with Crippen molar-refractivity contribution in [1.82, 2.24) is 0 Å². The normalized spacial score (nSPS) is 10.5. The van der Waals surface area contributed by atoms with Crippen molar-refractivity contribution in [2.45, 2.75) is 17.6 Å². The number of amides is 1. The van der Waals surface area contributed by atoms with Crippen LogP contribution >= 0.6 is 11.8 Å². The molecule has 0 aromatic heterocycles. The van der Waals surface area contributed by atoms with Crippen LogP contribution < -0.4 is 5.32 Å². The van der Waals surface area contributed by atoms with E-state index in [0.29, 0.717) is 22.4 Å². The van der Waals surface area contributed by atoms with Gasteiger partial charge in [0, 0.05) is 27.3 Å². The molecule has 4 heteroatoms. The molecule has 3 nitrogen and oxygen atoms in total. The summed E-state index contributed by atoms with van der Waals surface area (Å²) in [4.78, 5) is 26.9. The molecule has 0 aliphatic heterocycles. The average Bonchev–Trinajstić information content (AvgIpc) is 2.84. The molecule has 0 heterocycles. The molecule has 4 aromatic rings. The van der Waals surface area contributed by atoms with Crippen molar-refractivity contribution in [2.75, 3.05) is 5.32 Å². The number of benzene rings is 4. The second kappa shape index (κ2) is 10.1. The molecule has 158 valence electrons. The van der Waals surface area contributed by atoms with E-state index in [0.717, 1.165) is 11.3 Å². The predicted octanol–water partition coefficient (Wildman–Crippen LogP) is 6.77. The van der Waals surface area contributed by atoms with Gasteiger partial charge in [-0.2, -0.15) is 0 Å². The van der Waals surface area contributed by atoms with Gasteiger partial charge >= 0.3 is 0 Å². The Bertz CT molecular complexity index is 1220. The minimum Gasteiger partial charge on any atom is -0.321 e. The third kappa shape index (κ3) is 5.34. The number of ketones is 1. The molecule has 0 unspecified atom stereocenters. The number of hydrogen-bond donors (Lipinski definition) is 1. The van der Waals surface area contributed by atoms with Gasteiger partial charge in [-0.05, 0) is 48.9 Å². The van der Waals surface area contributed by atoms with Crippen molar-refractivity contribution in [2.24, 2.45) is 0 Å². The number of rotatable bonds is 7. The zero-order valence-corrected chi connectivity index (χ0v) is 18.6. The van der Waals surface area contributed by atoms with E-state index >= 15 is 0 Å². The number of carbonyl (C=O) groups excluding carboxylic acids is 2. The lowest BCUT2D eigenvalue weighted by molar-refractivity contribution is 0.102. The van der Waals surface area contributed by atoms with Gasteiger partial charge in [0.1, 0.15) is 0 Å². The molecule has 4 aromatic carbocycles. The Morgan fingerprint density at radius 3 is 2.09 bits per heavy atom. The largest absolute Gasteiger partial charge is 0.321 e. The van der Waals surface area contributed by atoms with Gasteiger partial charge in [0.15, 0.2) is 5.78 Å². The maximum Gasteiger partial charge on any atom is 0.255 e. The van der Waals surface area contributed by atoms with Crippen LogP contribution in [-0.2, 0) is 5.75 Å². The molecule has 0 fully saturated rings. The van der Waals surface area contributed by atoms with Crippen molar-refractivity contribution < 1.29 is 9.59 Å². The fourth-order valence-electron chi connectivity index (χ4n) is 3.28. The second-order valence-electron chi connectivity index (χ2n) is 7.49. The Labute approximate surface area is 192 Å². The molecule has 32 heavy (non-hydrogen) atoms. The number of anilines is 1. The summed E-state index contributed by atoms with van der Waals surface area (Å²) in [5.74, 6) is 0.473. The zero-order chi connectivity index (χ0) is 22.3. The molecule has 1 amide bonds. The molecule has 0 saturated carbocycles. The maximum atomic E-state index is 12.9. The highest BCUT2D eigenvalue weighted by atomic mass is 32.2. The molecular weight excluding hydrogens is 414 g/mol. The van der Waals surface area contributed by atoms with Gasteiger partial charge in [0.2, 0.25) is 0 Å². The highest BCUT2D eigenvalue weighted by Gasteiger charge is 2.15. The Hall–Kier alpha value is -3.63. The first-order valence-corrected chi connectivity index (χ1v) is 11.4.